The average Bonchev–Trinajstić information content (AvgIpc) is 3.57. The Hall–Kier alpha value is -4.05. The highest BCUT2D eigenvalue weighted by Crippen LogP contribution is 2.39. The molecule has 0 spiro atoms. The molecule has 2 aliphatic rings. The molecular weight excluding hydrogens is 543 g/mol. The van der Waals surface area contributed by atoms with Crippen LogP contribution in [-0.4, -0.2) is 94.4 Å². The molecule has 0 bridgehead atoms. The van der Waals surface area contributed by atoms with E-state index in [-0.39, 0.29) is 17.8 Å². The summed E-state index contributed by atoms with van der Waals surface area (Å²) in [5.74, 6) is -0.259. The zero-order chi connectivity index (χ0) is 28.7. The van der Waals surface area contributed by atoms with E-state index in [1.807, 2.05) is 22.7 Å². The average molecular weight is 575 g/mol. The van der Waals surface area contributed by atoms with E-state index in [1.165, 1.54) is 23.5 Å². The van der Waals surface area contributed by atoms with Gasteiger partial charge in [0, 0.05) is 63.8 Å². The number of thiazole rings is 1. The van der Waals surface area contributed by atoms with Gasteiger partial charge >= 0.3 is 0 Å². The van der Waals surface area contributed by atoms with Crippen LogP contribution in [0.4, 0.5) is 20.9 Å². The van der Waals surface area contributed by atoms with Gasteiger partial charge in [0.1, 0.15) is 22.5 Å². The smallest absolute Gasteiger partial charge is 0.236 e. The Labute approximate surface area is 241 Å². The molecule has 0 saturated carbocycles. The molecule has 1 aromatic carbocycles. The van der Waals surface area contributed by atoms with E-state index in [2.05, 4.69) is 34.9 Å². The summed E-state index contributed by atoms with van der Waals surface area (Å²) in [6.45, 7) is 6.48. The highest BCUT2D eigenvalue weighted by molar-refractivity contribution is 7.16. The number of carbonyl (C=O) groups excluding carboxylic acids is 1. The topological polar surface area (TPSA) is 104 Å². The molecule has 3 aromatic heterocycles. The number of fused-ring (bicyclic) bond motifs is 1. The third kappa shape index (κ3) is 5.24. The van der Waals surface area contributed by atoms with E-state index in [1.54, 1.807) is 17.0 Å². The summed E-state index contributed by atoms with van der Waals surface area (Å²) in [7, 11) is 1.93. The van der Waals surface area contributed by atoms with Crippen molar-refractivity contribution in [1.29, 1.82) is 5.26 Å². The van der Waals surface area contributed by atoms with Crippen LogP contribution in [0.15, 0.2) is 42.6 Å². The Kier molecular flexibility index (Phi) is 7.33. The first-order chi connectivity index (χ1) is 19.8. The highest BCUT2D eigenvalue weighted by Gasteiger charge is 2.30. The summed E-state index contributed by atoms with van der Waals surface area (Å²) >= 11 is 1.30. The minimum atomic E-state index is -0.382. The van der Waals surface area contributed by atoms with Crippen LogP contribution in [0.2, 0.25) is 0 Å². The molecule has 6 rings (SSSR count). The first kappa shape index (κ1) is 27.1. The lowest BCUT2D eigenvalue weighted by Crippen LogP contribution is -2.57. The van der Waals surface area contributed by atoms with Gasteiger partial charge in [-0.3, -0.25) is 9.69 Å². The molecule has 0 radical (unpaired) electrons. The lowest BCUT2D eigenvalue weighted by Gasteiger charge is -2.39. The first-order valence-electron chi connectivity index (χ1n) is 13.7. The number of likely N-dealkylation sites (tertiary alicyclic amines) is 1. The number of carbonyl (C=O) groups is 1. The first-order valence-corrected chi connectivity index (χ1v) is 14.5. The van der Waals surface area contributed by atoms with Crippen molar-refractivity contribution in [2.75, 3.05) is 62.7 Å². The Morgan fingerprint density at radius 3 is 2.59 bits per heavy atom. The number of pyridine rings is 1. The number of aromatic nitrogens is 3. The Balaban J connectivity index is 1.24. The second-order valence-electron chi connectivity index (χ2n) is 10.4. The van der Waals surface area contributed by atoms with E-state index in [4.69, 9.17) is 10.1 Å². The quantitative estimate of drug-likeness (QED) is 0.359. The number of hydrogen-bond donors (Lipinski definition) is 1. The zero-order valence-corrected chi connectivity index (χ0v) is 23.8. The van der Waals surface area contributed by atoms with E-state index < -0.39 is 0 Å². The number of hydrogen-bond acceptors (Lipinski definition) is 9. The number of nitriles is 1. The molecule has 12 heteroatoms. The van der Waals surface area contributed by atoms with Crippen LogP contribution in [0.5, 0.6) is 0 Å². The van der Waals surface area contributed by atoms with Crippen LogP contribution in [0.3, 0.4) is 0 Å². The van der Waals surface area contributed by atoms with Crippen LogP contribution >= 0.6 is 11.3 Å². The van der Waals surface area contributed by atoms with Gasteiger partial charge in [-0.1, -0.05) is 18.3 Å². The van der Waals surface area contributed by atoms with Gasteiger partial charge in [0.15, 0.2) is 5.13 Å². The predicted molar refractivity (Wildman–Crippen MR) is 156 cm³/mol. The zero-order valence-electron chi connectivity index (χ0n) is 23.0. The summed E-state index contributed by atoms with van der Waals surface area (Å²) in [4.78, 5) is 25.9. The number of aryl methyl sites for hydroxylation is 1. The van der Waals surface area contributed by atoms with Gasteiger partial charge < -0.3 is 19.8 Å². The van der Waals surface area contributed by atoms with Crippen molar-refractivity contribution in [2.45, 2.75) is 19.4 Å². The van der Waals surface area contributed by atoms with Crippen molar-refractivity contribution < 1.29 is 14.3 Å². The summed E-state index contributed by atoms with van der Waals surface area (Å²) in [5.41, 5.74) is 5.10. The minimum absolute atomic E-state index is 0.0773. The fourth-order valence-corrected chi connectivity index (χ4v) is 6.27. The number of anilines is 3. The number of β-amino-alcohol motifs (C(OH)–C–C–N with tert-alkyl or cyclic N) is 1. The van der Waals surface area contributed by atoms with Crippen molar-refractivity contribution in [3.63, 3.8) is 0 Å². The Morgan fingerprint density at radius 2 is 1.93 bits per heavy atom. The molecule has 1 amide bonds. The van der Waals surface area contributed by atoms with Crippen LogP contribution in [0, 0.1) is 17.1 Å². The number of aliphatic hydroxyl groups is 1. The molecule has 5 heterocycles. The van der Waals surface area contributed by atoms with Crippen molar-refractivity contribution in [3.8, 4) is 17.3 Å². The molecule has 1 N–H and O–H groups in total. The monoisotopic (exact) mass is 574 g/mol. The molecule has 2 aliphatic heterocycles. The van der Waals surface area contributed by atoms with Gasteiger partial charge in [0.05, 0.1) is 29.5 Å². The highest BCUT2D eigenvalue weighted by atomic mass is 32.1. The molecule has 2 saturated heterocycles. The van der Waals surface area contributed by atoms with Crippen LogP contribution < -0.4 is 9.80 Å². The third-order valence-electron chi connectivity index (χ3n) is 7.77. The Morgan fingerprint density at radius 1 is 1.20 bits per heavy atom. The molecule has 0 unspecified atom stereocenters. The Bertz CT molecular complexity index is 1610. The van der Waals surface area contributed by atoms with Crippen LogP contribution in [0.25, 0.3) is 16.8 Å². The van der Waals surface area contributed by atoms with Gasteiger partial charge in [0.25, 0.3) is 0 Å². The lowest BCUT2D eigenvalue weighted by atomic mass is 10.1. The number of nitrogens with zero attached hydrogens (tertiary/aromatic N) is 8. The number of aliphatic hydroxyl groups excluding tert-OH is 1. The SMILES string of the molecule is CCc1nn2ccc(N3CCN(CC(=O)N4CC(O)C4)CC3)cc2c1N(C)c1nc(-c2ccc(F)cc2)c(C#N)s1. The van der Waals surface area contributed by atoms with Gasteiger partial charge in [-0.2, -0.15) is 10.4 Å². The summed E-state index contributed by atoms with van der Waals surface area (Å²) in [6.07, 6.45) is 2.31. The van der Waals surface area contributed by atoms with Crippen molar-refractivity contribution in [3.05, 3.63) is 59.0 Å². The van der Waals surface area contributed by atoms with E-state index >= 15 is 0 Å². The van der Waals surface area contributed by atoms with E-state index in [0.717, 1.165) is 55.2 Å². The number of piperazine rings is 1. The molecule has 2 fully saturated rings. The van der Waals surface area contributed by atoms with Crippen LogP contribution in [-0.2, 0) is 11.2 Å². The molecule has 4 aromatic rings. The molecule has 0 atom stereocenters. The fourth-order valence-electron chi connectivity index (χ4n) is 5.41. The minimum Gasteiger partial charge on any atom is -0.389 e. The lowest BCUT2D eigenvalue weighted by molar-refractivity contribution is -0.142. The van der Waals surface area contributed by atoms with Gasteiger partial charge in [-0.25, -0.2) is 13.9 Å². The fraction of sp³-hybridized carbons (Fsp3) is 0.379. The third-order valence-corrected chi connectivity index (χ3v) is 8.80. The van der Waals surface area contributed by atoms with Gasteiger partial charge in [-0.15, -0.1) is 0 Å². The molecule has 41 heavy (non-hydrogen) atoms. The van der Waals surface area contributed by atoms with Crippen molar-refractivity contribution in [1.82, 2.24) is 24.4 Å². The standard InChI is InChI=1S/C29H31FN8O2S/c1-3-23-28(34(2)29-32-27(25(15-31)41-29)19-4-6-20(30)7-5-19)24-14-21(8-9-38(24)33-23)36-12-10-35(11-13-36)18-26(40)37-16-22(39)17-37/h4-9,14,22,39H,3,10-13,16-18H2,1-2H3. The predicted octanol–water partition coefficient (Wildman–Crippen LogP) is 3.12. The molecule has 0 aliphatic carbocycles. The van der Waals surface area contributed by atoms with Gasteiger partial charge in [0.2, 0.25) is 5.91 Å². The molecular formula is C29H31FN8O2S. The number of amides is 1. The maximum atomic E-state index is 13.5. The number of halogens is 1. The van der Waals surface area contributed by atoms with E-state index in [0.29, 0.717) is 40.9 Å². The molecule has 212 valence electrons. The maximum absolute atomic E-state index is 13.5. The second-order valence-corrected chi connectivity index (χ2v) is 11.4. The maximum Gasteiger partial charge on any atom is 0.236 e. The summed E-state index contributed by atoms with van der Waals surface area (Å²) in [6, 6.07) is 12.5. The summed E-state index contributed by atoms with van der Waals surface area (Å²) < 4.78 is 15.4. The van der Waals surface area contributed by atoms with Crippen molar-refractivity contribution in [2.24, 2.45) is 0 Å². The van der Waals surface area contributed by atoms with Gasteiger partial charge in [-0.05, 0) is 42.8 Å². The largest absolute Gasteiger partial charge is 0.389 e. The van der Waals surface area contributed by atoms with Crippen molar-refractivity contribution >= 4 is 39.3 Å². The second kappa shape index (κ2) is 11.1. The summed E-state index contributed by atoms with van der Waals surface area (Å²) in [5, 5.41) is 24.8. The van der Waals surface area contributed by atoms with E-state index in [9.17, 15) is 19.6 Å². The van der Waals surface area contributed by atoms with Crippen LogP contribution in [0.1, 0.15) is 17.5 Å². The number of rotatable bonds is 7. The normalized spacial score (nSPS) is 16.2. The molecule has 10 nitrogen and oxygen atoms in total. The number of benzene rings is 1.